The van der Waals surface area contributed by atoms with E-state index in [2.05, 4.69) is 10.2 Å². The van der Waals surface area contributed by atoms with Crippen LogP contribution in [0.25, 0.3) is 0 Å². The molecular weight excluding hydrogens is 200 g/mol. The van der Waals surface area contributed by atoms with Crippen LogP contribution in [-0.4, -0.2) is 16.7 Å². The maximum atomic E-state index is 9.63. The van der Waals surface area contributed by atoms with E-state index in [1.807, 2.05) is 42.5 Å². The highest BCUT2D eigenvalue weighted by atomic mass is 16.3. The Bertz CT molecular complexity index is 417. The van der Waals surface area contributed by atoms with E-state index in [9.17, 15) is 5.11 Å². The predicted molar refractivity (Wildman–Crippen MR) is 63.6 cm³/mol. The lowest BCUT2D eigenvalue weighted by atomic mass is 9.99. The average molecular weight is 214 g/mol. The predicted octanol–water partition coefficient (Wildman–Crippen LogP) is 3.02. The van der Waals surface area contributed by atoms with Crippen molar-refractivity contribution in [3.63, 3.8) is 0 Å². The zero-order valence-corrected chi connectivity index (χ0v) is 9.12. The van der Waals surface area contributed by atoms with E-state index in [0.717, 1.165) is 5.69 Å². The molecule has 1 aromatic rings. The minimum absolute atomic E-state index is 0.0829. The van der Waals surface area contributed by atoms with Gasteiger partial charge in [-0.25, -0.2) is 0 Å². The molecule has 0 fully saturated rings. The Hall–Kier alpha value is -1.74. The first-order chi connectivity index (χ1) is 7.66. The molecule has 0 radical (unpaired) electrons. The lowest BCUT2D eigenvalue weighted by molar-refractivity contribution is 0.161. The Labute approximate surface area is 94.8 Å². The fourth-order valence-electron chi connectivity index (χ4n) is 1.41. The molecule has 82 valence electrons. The van der Waals surface area contributed by atoms with Crippen molar-refractivity contribution in [2.45, 2.75) is 18.6 Å². The van der Waals surface area contributed by atoms with Gasteiger partial charge >= 0.3 is 0 Å². The molecule has 16 heavy (non-hydrogen) atoms. The van der Waals surface area contributed by atoms with Gasteiger partial charge in [0.15, 0.2) is 0 Å². The molecule has 0 unspecified atom stereocenters. The number of rotatable bonds is 2. The quantitative estimate of drug-likeness (QED) is 0.597. The number of hydrogen-bond acceptors (Lipinski definition) is 3. The van der Waals surface area contributed by atoms with Crippen LogP contribution in [-0.2, 0) is 0 Å². The van der Waals surface area contributed by atoms with Crippen LogP contribution in [0, 0.1) is 0 Å². The number of benzene rings is 1. The SMILES string of the molecule is CC1(O)C=CC(N=Nc2ccccc2)C=C1. The highest BCUT2D eigenvalue weighted by Crippen LogP contribution is 2.18. The van der Waals surface area contributed by atoms with Crippen LogP contribution in [0.15, 0.2) is 64.9 Å². The Kier molecular flexibility index (Phi) is 2.97. The van der Waals surface area contributed by atoms with Crippen molar-refractivity contribution < 1.29 is 5.11 Å². The molecule has 3 nitrogen and oxygen atoms in total. The van der Waals surface area contributed by atoms with Crippen LogP contribution in [0.2, 0.25) is 0 Å². The molecule has 1 N–H and O–H groups in total. The Balaban J connectivity index is 2.03. The summed E-state index contributed by atoms with van der Waals surface area (Å²) in [5, 5.41) is 17.9. The summed E-state index contributed by atoms with van der Waals surface area (Å²) in [6, 6.07) is 9.50. The summed E-state index contributed by atoms with van der Waals surface area (Å²) in [6.07, 6.45) is 7.13. The first kappa shape index (κ1) is 10.8. The number of nitrogens with zero attached hydrogens (tertiary/aromatic N) is 2. The standard InChI is InChI=1S/C13H14N2O/c1-13(16)9-7-12(8-10-13)15-14-11-5-3-2-4-6-11/h2-10,12,16H,1H3. The van der Waals surface area contributed by atoms with E-state index in [1.54, 1.807) is 19.1 Å². The van der Waals surface area contributed by atoms with Crippen LogP contribution >= 0.6 is 0 Å². The largest absolute Gasteiger partial charge is 0.382 e. The molecule has 0 aromatic heterocycles. The topological polar surface area (TPSA) is 45.0 Å². The van der Waals surface area contributed by atoms with E-state index >= 15 is 0 Å². The van der Waals surface area contributed by atoms with E-state index in [0.29, 0.717) is 0 Å². The van der Waals surface area contributed by atoms with Gasteiger partial charge in [0.05, 0.1) is 11.3 Å². The van der Waals surface area contributed by atoms with E-state index in [1.165, 1.54) is 0 Å². The molecule has 0 amide bonds. The number of aliphatic hydroxyl groups is 1. The van der Waals surface area contributed by atoms with Gasteiger partial charge in [-0.3, -0.25) is 0 Å². The molecule has 0 saturated heterocycles. The van der Waals surface area contributed by atoms with Gasteiger partial charge in [0.2, 0.25) is 0 Å². The van der Waals surface area contributed by atoms with Gasteiger partial charge < -0.3 is 5.11 Å². The molecule has 0 aliphatic heterocycles. The maximum absolute atomic E-state index is 9.63. The fraction of sp³-hybridized carbons (Fsp3) is 0.231. The van der Waals surface area contributed by atoms with Crippen molar-refractivity contribution in [2.24, 2.45) is 10.2 Å². The lowest BCUT2D eigenvalue weighted by Gasteiger charge is -2.18. The zero-order valence-electron chi connectivity index (χ0n) is 9.12. The van der Waals surface area contributed by atoms with Gasteiger partial charge in [-0.05, 0) is 19.1 Å². The third-order valence-electron chi connectivity index (χ3n) is 2.32. The van der Waals surface area contributed by atoms with Gasteiger partial charge in [-0.2, -0.15) is 10.2 Å². The Morgan fingerprint density at radius 1 is 1.12 bits per heavy atom. The molecule has 1 aliphatic carbocycles. The van der Waals surface area contributed by atoms with E-state index < -0.39 is 5.60 Å². The first-order valence-corrected chi connectivity index (χ1v) is 5.23. The molecule has 0 spiro atoms. The van der Waals surface area contributed by atoms with Gasteiger partial charge in [-0.1, -0.05) is 42.5 Å². The van der Waals surface area contributed by atoms with Crippen molar-refractivity contribution in [1.29, 1.82) is 0 Å². The van der Waals surface area contributed by atoms with Crippen LogP contribution in [0.1, 0.15) is 6.92 Å². The summed E-state index contributed by atoms with van der Waals surface area (Å²) in [7, 11) is 0. The Morgan fingerprint density at radius 3 is 2.38 bits per heavy atom. The van der Waals surface area contributed by atoms with Crippen LogP contribution in [0.5, 0.6) is 0 Å². The highest BCUT2D eigenvalue weighted by molar-refractivity contribution is 5.35. The van der Waals surface area contributed by atoms with Crippen molar-refractivity contribution in [3.05, 3.63) is 54.6 Å². The maximum Gasteiger partial charge on any atom is 0.108 e. The van der Waals surface area contributed by atoms with Crippen molar-refractivity contribution in [1.82, 2.24) is 0 Å². The summed E-state index contributed by atoms with van der Waals surface area (Å²) < 4.78 is 0. The average Bonchev–Trinajstić information content (AvgIpc) is 2.29. The Morgan fingerprint density at radius 2 is 1.75 bits per heavy atom. The first-order valence-electron chi connectivity index (χ1n) is 5.23. The molecule has 0 atom stereocenters. The molecule has 1 aliphatic rings. The van der Waals surface area contributed by atoms with E-state index in [-0.39, 0.29) is 6.04 Å². The smallest absolute Gasteiger partial charge is 0.108 e. The summed E-state index contributed by atoms with van der Waals surface area (Å²) in [6.45, 7) is 1.73. The second-order valence-electron chi connectivity index (χ2n) is 3.99. The van der Waals surface area contributed by atoms with Crippen molar-refractivity contribution >= 4 is 5.69 Å². The molecule has 0 saturated carbocycles. The van der Waals surface area contributed by atoms with Crippen molar-refractivity contribution in [2.75, 3.05) is 0 Å². The number of azo groups is 1. The summed E-state index contributed by atoms with van der Waals surface area (Å²) in [4.78, 5) is 0. The zero-order chi connectivity index (χ0) is 11.4. The van der Waals surface area contributed by atoms with Gasteiger partial charge in [0, 0.05) is 0 Å². The molecule has 2 rings (SSSR count). The molecular formula is C13H14N2O. The fourth-order valence-corrected chi connectivity index (χ4v) is 1.41. The summed E-state index contributed by atoms with van der Waals surface area (Å²) >= 11 is 0. The molecule has 3 heteroatoms. The second-order valence-corrected chi connectivity index (χ2v) is 3.99. The summed E-state index contributed by atoms with van der Waals surface area (Å²) in [5.41, 5.74) is -0.0136. The lowest BCUT2D eigenvalue weighted by Crippen LogP contribution is -2.21. The normalized spacial score (nSPS) is 28.8. The van der Waals surface area contributed by atoms with Crippen LogP contribution < -0.4 is 0 Å². The van der Waals surface area contributed by atoms with E-state index in [4.69, 9.17) is 0 Å². The van der Waals surface area contributed by atoms with Crippen molar-refractivity contribution in [3.8, 4) is 0 Å². The third kappa shape index (κ3) is 2.87. The highest BCUT2D eigenvalue weighted by Gasteiger charge is 2.16. The minimum atomic E-state index is -0.848. The van der Waals surface area contributed by atoms with Crippen LogP contribution in [0.4, 0.5) is 5.69 Å². The van der Waals surface area contributed by atoms with Gasteiger partial charge in [0.1, 0.15) is 6.04 Å². The van der Waals surface area contributed by atoms with Gasteiger partial charge in [0.25, 0.3) is 0 Å². The molecule has 0 bridgehead atoms. The minimum Gasteiger partial charge on any atom is -0.382 e. The molecule has 1 aromatic carbocycles. The second kappa shape index (κ2) is 4.41. The van der Waals surface area contributed by atoms with Gasteiger partial charge in [-0.15, -0.1) is 0 Å². The third-order valence-corrected chi connectivity index (χ3v) is 2.32. The summed E-state index contributed by atoms with van der Waals surface area (Å²) in [5.74, 6) is 0. The molecule has 0 heterocycles. The number of hydrogen-bond donors (Lipinski definition) is 1. The monoisotopic (exact) mass is 214 g/mol. The van der Waals surface area contributed by atoms with Crippen LogP contribution in [0.3, 0.4) is 0 Å².